The van der Waals surface area contributed by atoms with Crippen molar-refractivity contribution in [3.8, 4) is 0 Å². The average Bonchev–Trinajstić information content (AvgIpc) is 3.19. The number of carbonyl (C=O) groups is 1. The number of hydrogen-bond acceptors (Lipinski definition) is 6. The average molecular weight is 502 g/mol. The number of sulfone groups is 1. The van der Waals surface area contributed by atoms with Crippen LogP contribution in [-0.2, 0) is 14.6 Å². The van der Waals surface area contributed by atoms with Crippen LogP contribution in [-0.4, -0.2) is 56.1 Å². The van der Waals surface area contributed by atoms with Gasteiger partial charge in [-0.2, -0.15) is 0 Å². The Morgan fingerprint density at radius 3 is 2.26 bits per heavy atom. The van der Waals surface area contributed by atoms with Gasteiger partial charge in [-0.3, -0.25) is 9.69 Å². The van der Waals surface area contributed by atoms with Crippen molar-refractivity contribution in [1.82, 2.24) is 9.88 Å². The third kappa shape index (κ3) is 6.43. The zero-order valence-corrected chi connectivity index (χ0v) is 22.4. The highest BCUT2D eigenvalue weighted by Gasteiger charge is 2.22. The summed E-state index contributed by atoms with van der Waals surface area (Å²) in [6, 6.07) is 11.0. The maximum atomic E-state index is 13.3. The van der Waals surface area contributed by atoms with Crippen molar-refractivity contribution in [3.05, 3.63) is 53.1 Å². The van der Waals surface area contributed by atoms with E-state index in [1.165, 1.54) is 22.5 Å². The molecule has 0 radical (unpaired) electrons. The molecule has 1 aromatic heterocycles. The minimum absolute atomic E-state index is 0.0517. The molecule has 0 bridgehead atoms. The number of carbonyl (C=O) groups excluding carboxylic acids is 1. The second kappa shape index (κ2) is 11.4. The molecule has 0 aliphatic heterocycles. The lowest BCUT2D eigenvalue weighted by molar-refractivity contribution is -0.118. The third-order valence-corrected chi connectivity index (χ3v) is 9.10. The summed E-state index contributed by atoms with van der Waals surface area (Å²) in [5.74, 6) is -0.136. The summed E-state index contributed by atoms with van der Waals surface area (Å²) in [4.78, 5) is 22.4. The fourth-order valence-corrected chi connectivity index (χ4v) is 6.20. The van der Waals surface area contributed by atoms with Gasteiger partial charge in [0, 0.05) is 19.5 Å². The summed E-state index contributed by atoms with van der Waals surface area (Å²) >= 11 is 1.52. The van der Waals surface area contributed by atoms with Gasteiger partial charge >= 0.3 is 0 Å². The van der Waals surface area contributed by atoms with Crippen LogP contribution in [0, 0.1) is 20.8 Å². The molecule has 3 rings (SSSR count). The number of anilines is 1. The molecule has 1 heterocycles. The fraction of sp³-hybridized carbons (Fsp3) is 0.462. The van der Waals surface area contributed by atoms with Crippen LogP contribution in [0.1, 0.15) is 43.4 Å². The normalized spacial score (nSPS) is 11.9. The van der Waals surface area contributed by atoms with E-state index >= 15 is 0 Å². The summed E-state index contributed by atoms with van der Waals surface area (Å²) in [6.45, 7) is 13.4. The minimum Gasteiger partial charge on any atom is -0.302 e. The molecule has 0 fully saturated rings. The quantitative estimate of drug-likeness (QED) is 0.363. The molecule has 3 aromatic rings. The van der Waals surface area contributed by atoms with E-state index in [9.17, 15) is 13.2 Å². The van der Waals surface area contributed by atoms with Gasteiger partial charge in [-0.15, -0.1) is 0 Å². The number of aromatic nitrogens is 1. The molecule has 0 aliphatic carbocycles. The molecule has 34 heavy (non-hydrogen) atoms. The van der Waals surface area contributed by atoms with Crippen molar-refractivity contribution < 1.29 is 13.2 Å². The Morgan fingerprint density at radius 1 is 0.971 bits per heavy atom. The Morgan fingerprint density at radius 2 is 1.62 bits per heavy atom. The van der Waals surface area contributed by atoms with Gasteiger partial charge in [-0.1, -0.05) is 42.9 Å². The van der Waals surface area contributed by atoms with Gasteiger partial charge in [0.2, 0.25) is 5.91 Å². The largest absolute Gasteiger partial charge is 0.302 e. The monoisotopic (exact) mass is 501 g/mol. The molecule has 0 unspecified atom stereocenters. The number of thiazole rings is 1. The SMILES string of the molecule is CCN(CC)CCN(C(=O)CCCS(=O)(=O)c1ccc(C)cc1)c1nc2cc(C)c(C)cc2s1. The molecule has 0 atom stereocenters. The van der Waals surface area contributed by atoms with Crippen molar-refractivity contribution >= 4 is 42.4 Å². The summed E-state index contributed by atoms with van der Waals surface area (Å²) in [7, 11) is -3.42. The van der Waals surface area contributed by atoms with E-state index < -0.39 is 9.84 Å². The maximum Gasteiger partial charge on any atom is 0.228 e. The molecule has 6 nitrogen and oxygen atoms in total. The van der Waals surface area contributed by atoms with Gasteiger partial charge in [-0.25, -0.2) is 13.4 Å². The van der Waals surface area contributed by atoms with E-state index in [-0.39, 0.29) is 24.5 Å². The van der Waals surface area contributed by atoms with Gasteiger partial charge in [0.1, 0.15) is 0 Å². The summed E-state index contributed by atoms with van der Waals surface area (Å²) in [5, 5.41) is 0.679. The van der Waals surface area contributed by atoms with Crippen molar-refractivity contribution in [2.45, 2.75) is 52.4 Å². The number of aryl methyl sites for hydroxylation is 3. The Hall–Kier alpha value is -2.29. The molecule has 2 aromatic carbocycles. The maximum absolute atomic E-state index is 13.3. The second-order valence-corrected chi connectivity index (χ2v) is 11.8. The van der Waals surface area contributed by atoms with Gasteiger partial charge in [0.25, 0.3) is 0 Å². The zero-order chi connectivity index (χ0) is 24.9. The number of amides is 1. The topological polar surface area (TPSA) is 70.6 Å². The second-order valence-electron chi connectivity index (χ2n) is 8.71. The summed E-state index contributed by atoms with van der Waals surface area (Å²) in [5.41, 5.74) is 4.28. The van der Waals surface area contributed by atoms with E-state index in [4.69, 9.17) is 4.98 Å². The Bertz CT molecular complexity index is 1190. The smallest absolute Gasteiger partial charge is 0.228 e. The lowest BCUT2D eigenvalue weighted by Crippen LogP contribution is -2.38. The molecular weight excluding hydrogens is 466 g/mol. The summed E-state index contributed by atoms with van der Waals surface area (Å²) in [6.07, 6.45) is 0.442. The number of rotatable bonds is 11. The highest BCUT2D eigenvalue weighted by molar-refractivity contribution is 7.91. The number of likely N-dealkylation sites (N-methyl/N-ethyl adjacent to an activating group) is 1. The standard InChI is InChI=1S/C26H35N3O3S2/c1-6-28(7-2)14-15-29(26-27-23-17-20(4)21(5)18-24(23)33-26)25(30)9-8-16-34(31,32)22-12-10-19(3)11-13-22/h10-13,17-18H,6-9,14-16H2,1-5H3. The number of benzene rings is 2. The van der Waals surface area contributed by atoms with Crippen LogP contribution in [0.15, 0.2) is 41.3 Å². The van der Waals surface area contributed by atoms with Gasteiger partial charge in [0.15, 0.2) is 15.0 Å². The van der Waals surface area contributed by atoms with Crippen molar-refractivity contribution in [1.29, 1.82) is 0 Å². The van der Waals surface area contributed by atoms with Crippen LogP contribution in [0.3, 0.4) is 0 Å². The number of nitrogens with zero attached hydrogens (tertiary/aromatic N) is 3. The van der Waals surface area contributed by atoms with Crippen LogP contribution < -0.4 is 4.90 Å². The minimum atomic E-state index is -3.42. The molecule has 8 heteroatoms. The predicted molar refractivity (Wildman–Crippen MR) is 142 cm³/mol. The molecule has 184 valence electrons. The fourth-order valence-electron chi connectivity index (χ4n) is 3.80. The van der Waals surface area contributed by atoms with Crippen molar-refractivity contribution in [2.75, 3.05) is 36.8 Å². The summed E-state index contributed by atoms with van der Waals surface area (Å²) < 4.78 is 26.5. The lowest BCUT2D eigenvalue weighted by Gasteiger charge is -2.24. The molecule has 0 saturated carbocycles. The van der Waals surface area contributed by atoms with Crippen LogP contribution >= 0.6 is 11.3 Å². The van der Waals surface area contributed by atoms with Gasteiger partial charge in [0.05, 0.1) is 20.9 Å². The lowest BCUT2D eigenvalue weighted by atomic mass is 10.1. The van der Waals surface area contributed by atoms with E-state index in [0.29, 0.717) is 16.6 Å². The van der Waals surface area contributed by atoms with Crippen molar-refractivity contribution in [3.63, 3.8) is 0 Å². The highest BCUT2D eigenvalue weighted by Crippen LogP contribution is 2.31. The van der Waals surface area contributed by atoms with Crippen LogP contribution in [0.25, 0.3) is 10.2 Å². The Kier molecular flexibility index (Phi) is 8.84. The van der Waals surface area contributed by atoms with Gasteiger partial charge < -0.3 is 4.90 Å². The first-order valence-electron chi connectivity index (χ1n) is 11.8. The first kappa shape index (κ1) is 26.3. The van der Waals surface area contributed by atoms with Crippen LogP contribution in [0.5, 0.6) is 0 Å². The van der Waals surface area contributed by atoms with E-state index in [1.807, 2.05) is 6.92 Å². The van der Waals surface area contributed by atoms with E-state index in [2.05, 4.69) is 44.7 Å². The molecule has 0 N–H and O–H groups in total. The Labute approximate surface area is 207 Å². The van der Waals surface area contributed by atoms with Crippen molar-refractivity contribution in [2.24, 2.45) is 0 Å². The van der Waals surface area contributed by atoms with Crippen LogP contribution in [0.2, 0.25) is 0 Å². The molecule has 0 spiro atoms. The van der Waals surface area contributed by atoms with E-state index in [0.717, 1.165) is 35.4 Å². The molecular formula is C26H35N3O3S2. The molecule has 0 saturated heterocycles. The zero-order valence-electron chi connectivity index (χ0n) is 20.8. The Balaban J connectivity index is 1.76. The number of fused-ring (bicyclic) bond motifs is 1. The number of hydrogen-bond donors (Lipinski definition) is 0. The third-order valence-electron chi connectivity index (χ3n) is 6.24. The molecule has 1 amide bonds. The van der Waals surface area contributed by atoms with E-state index in [1.54, 1.807) is 29.2 Å². The van der Waals surface area contributed by atoms with Crippen LogP contribution in [0.4, 0.5) is 5.13 Å². The molecule has 0 aliphatic rings. The first-order valence-corrected chi connectivity index (χ1v) is 14.3. The predicted octanol–water partition coefficient (Wildman–Crippen LogP) is 5.15. The first-order chi connectivity index (χ1) is 16.1. The highest BCUT2D eigenvalue weighted by atomic mass is 32.2. The van der Waals surface area contributed by atoms with Gasteiger partial charge in [-0.05, 0) is 75.7 Å².